The van der Waals surface area contributed by atoms with Crippen LogP contribution in [0.1, 0.15) is 39.0 Å². The third-order valence-electron chi connectivity index (χ3n) is 4.54. The van der Waals surface area contributed by atoms with Gasteiger partial charge in [0.05, 0.1) is 13.2 Å². The zero-order valence-corrected chi connectivity index (χ0v) is 13.5. The van der Waals surface area contributed by atoms with Crippen molar-refractivity contribution in [3.05, 3.63) is 18.2 Å². The molecule has 4 heteroatoms. The maximum atomic E-state index is 6.33. The van der Waals surface area contributed by atoms with Crippen molar-refractivity contribution in [3.63, 3.8) is 0 Å². The van der Waals surface area contributed by atoms with E-state index in [1.165, 1.54) is 24.2 Å². The van der Waals surface area contributed by atoms with E-state index in [4.69, 9.17) is 15.2 Å². The number of ether oxygens (including phenoxy) is 2. The lowest BCUT2D eigenvalue weighted by Crippen LogP contribution is -2.38. The average molecular weight is 307 g/mol. The summed E-state index contributed by atoms with van der Waals surface area (Å²) in [5, 5.41) is 0.522. The largest absolute Gasteiger partial charge is 0.490 e. The van der Waals surface area contributed by atoms with Gasteiger partial charge in [-0.3, -0.25) is 0 Å². The Kier molecular flexibility index (Phi) is 4.96. The summed E-state index contributed by atoms with van der Waals surface area (Å²) in [6.45, 7) is 3.77. The number of hydrogen-bond donors (Lipinski definition) is 1. The molecule has 0 amide bonds. The molecule has 1 saturated carbocycles. The standard InChI is InChI=1S/C17H25NO2S/c1-2-12-4-6-14(18)17(10-12)21-13-5-7-15-16(11-13)20-9-3-8-19-15/h5,7,11-12,14,17H,2-4,6,8-10,18H2,1H3. The summed E-state index contributed by atoms with van der Waals surface area (Å²) in [5.74, 6) is 2.59. The molecule has 0 radical (unpaired) electrons. The van der Waals surface area contributed by atoms with Gasteiger partial charge in [-0.2, -0.15) is 0 Å². The maximum Gasteiger partial charge on any atom is 0.162 e. The highest BCUT2D eigenvalue weighted by Gasteiger charge is 2.28. The molecule has 1 aliphatic heterocycles. The van der Waals surface area contributed by atoms with E-state index >= 15 is 0 Å². The zero-order valence-electron chi connectivity index (χ0n) is 12.7. The van der Waals surface area contributed by atoms with E-state index in [2.05, 4.69) is 19.1 Å². The predicted octanol–water partition coefficient (Wildman–Crippen LogP) is 3.85. The Hall–Kier alpha value is -0.870. The first kappa shape index (κ1) is 15.0. The van der Waals surface area contributed by atoms with Crippen LogP contribution in [0, 0.1) is 5.92 Å². The summed E-state index contributed by atoms with van der Waals surface area (Å²) in [5.41, 5.74) is 6.33. The Morgan fingerprint density at radius 3 is 2.81 bits per heavy atom. The summed E-state index contributed by atoms with van der Waals surface area (Å²) >= 11 is 1.91. The van der Waals surface area contributed by atoms with E-state index in [-0.39, 0.29) is 0 Å². The highest BCUT2D eigenvalue weighted by atomic mass is 32.2. The van der Waals surface area contributed by atoms with Gasteiger partial charge in [0.2, 0.25) is 0 Å². The molecule has 116 valence electrons. The third kappa shape index (κ3) is 3.67. The van der Waals surface area contributed by atoms with Crippen LogP contribution in [0.25, 0.3) is 0 Å². The van der Waals surface area contributed by atoms with Crippen LogP contribution in [0.3, 0.4) is 0 Å². The molecule has 21 heavy (non-hydrogen) atoms. The molecule has 0 saturated heterocycles. The fraction of sp³-hybridized carbons (Fsp3) is 0.647. The smallest absolute Gasteiger partial charge is 0.162 e. The summed E-state index contributed by atoms with van der Waals surface area (Å²) in [6, 6.07) is 6.61. The predicted molar refractivity (Wildman–Crippen MR) is 87.3 cm³/mol. The molecule has 0 aromatic heterocycles. The van der Waals surface area contributed by atoms with Crippen molar-refractivity contribution >= 4 is 11.8 Å². The van der Waals surface area contributed by atoms with Crippen LogP contribution in [-0.4, -0.2) is 24.5 Å². The number of benzene rings is 1. The summed E-state index contributed by atoms with van der Waals surface area (Å²) in [6.07, 6.45) is 5.89. The number of thioether (sulfide) groups is 1. The minimum atomic E-state index is 0.314. The Labute approximate surface area is 131 Å². The molecule has 3 nitrogen and oxygen atoms in total. The molecule has 1 aliphatic carbocycles. The van der Waals surface area contributed by atoms with Crippen LogP contribution in [0.2, 0.25) is 0 Å². The minimum absolute atomic E-state index is 0.314. The monoisotopic (exact) mass is 307 g/mol. The quantitative estimate of drug-likeness (QED) is 0.921. The minimum Gasteiger partial charge on any atom is -0.490 e. The molecule has 3 rings (SSSR count). The van der Waals surface area contributed by atoms with E-state index < -0.39 is 0 Å². The second-order valence-electron chi connectivity index (χ2n) is 6.07. The Morgan fingerprint density at radius 2 is 2.00 bits per heavy atom. The molecule has 2 N–H and O–H groups in total. The van der Waals surface area contributed by atoms with Gasteiger partial charge in [-0.1, -0.05) is 13.3 Å². The lowest BCUT2D eigenvalue weighted by Gasteiger charge is -2.33. The zero-order chi connectivity index (χ0) is 14.7. The molecule has 1 fully saturated rings. The van der Waals surface area contributed by atoms with E-state index in [1.54, 1.807) is 0 Å². The molecule has 1 aromatic carbocycles. The number of rotatable bonds is 3. The molecule has 3 unspecified atom stereocenters. The van der Waals surface area contributed by atoms with Gasteiger partial charge in [-0.15, -0.1) is 11.8 Å². The van der Waals surface area contributed by atoms with Crippen LogP contribution < -0.4 is 15.2 Å². The molecule has 3 atom stereocenters. The van der Waals surface area contributed by atoms with Crippen molar-refractivity contribution in [1.29, 1.82) is 0 Å². The van der Waals surface area contributed by atoms with Crippen molar-refractivity contribution in [2.75, 3.05) is 13.2 Å². The van der Waals surface area contributed by atoms with Gasteiger partial charge >= 0.3 is 0 Å². The first-order valence-electron chi connectivity index (χ1n) is 8.08. The van der Waals surface area contributed by atoms with Crippen molar-refractivity contribution < 1.29 is 9.47 Å². The lowest BCUT2D eigenvalue weighted by molar-refractivity contribution is 0.297. The normalized spacial score (nSPS) is 29.0. The van der Waals surface area contributed by atoms with Gasteiger partial charge < -0.3 is 15.2 Å². The molecule has 1 heterocycles. The highest BCUT2D eigenvalue weighted by Crippen LogP contribution is 2.40. The van der Waals surface area contributed by atoms with Crippen LogP contribution in [-0.2, 0) is 0 Å². The summed E-state index contributed by atoms with van der Waals surface area (Å²) in [4.78, 5) is 1.25. The van der Waals surface area contributed by atoms with Gasteiger partial charge in [-0.25, -0.2) is 0 Å². The highest BCUT2D eigenvalue weighted by molar-refractivity contribution is 8.00. The second kappa shape index (κ2) is 6.93. The van der Waals surface area contributed by atoms with Gasteiger partial charge in [0.1, 0.15) is 0 Å². The number of nitrogens with two attached hydrogens (primary N) is 1. The van der Waals surface area contributed by atoms with Gasteiger partial charge in [-0.05, 0) is 43.4 Å². The molecule has 0 bridgehead atoms. The van der Waals surface area contributed by atoms with Gasteiger partial charge in [0.25, 0.3) is 0 Å². The second-order valence-corrected chi connectivity index (χ2v) is 7.38. The average Bonchev–Trinajstić information content (AvgIpc) is 2.74. The SMILES string of the molecule is CCC1CCC(N)C(Sc2ccc3c(c2)OCCCO3)C1. The Bertz CT molecular complexity index is 480. The van der Waals surface area contributed by atoms with Crippen LogP contribution >= 0.6 is 11.8 Å². The van der Waals surface area contributed by atoms with E-state index in [0.717, 1.165) is 43.5 Å². The van der Waals surface area contributed by atoms with Crippen molar-refractivity contribution in [1.82, 2.24) is 0 Å². The molecular formula is C17H25NO2S. The third-order valence-corrected chi connectivity index (χ3v) is 5.91. The van der Waals surface area contributed by atoms with Crippen molar-refractivity contribution in [2.45, 2.75) is 55.2 Å². The van der Waals surface area contributed by atoms with Crippen LogP contribution in [0.4, 0.5) is 0 Å². The topological polar surface area (TPSA) is 44.5 Å². The van der Waals surface area contributed by atoms with E-state index in [1.807, 2.05) is 17.8 Å². The fourth-order valence-corrected chi connectivity index (χ4v) is 4.48. The number of hydrogen-bond acceptors (Lipinski definition) is 4. The molecule has 1 aromatic rings. The Balaban J connectivity index is 1.70. The fourth-order valence-electron chi connectivity index (χ4n) is 3.13. The van der Waals surface area contributed by atoms with Gasteiger partial charge in [0.15, 0.2) is 11.5 Å². The summed E-state index contributed by atoms with van der Waals surface area (Å²) in [7, 11) is 0. The van der Waals surface area contributed by atoms with Crippen molar-refractivity contribution in [3.8, 4) is 11.5 Å². The number of fused-ring (bicyclic) bond motifs is 1. The molecule has 0 spiro atoms. The maximum absolute atomic E-state index is 6.33. The van der Waals surface area contributed by atoms with E-state index in [9.17, 15) is 0 Å². The van der Waals surface area contributed by atoms with E-state index in [0.29, 0.717) is 11.3 Å². The lowest BCUT2D eigenvalue weighted by atomic mass is 9.84. The molecular weight excluding hydrogens is 282 g/mol. The summed E-state index contributed by atoms with van der Waals surface area (Å²) < 4.78 is 11.5. The van der Waals surface area contributed by atoms with Crippen molar-refractivity contribution in [2.24, 2.45) is 11.7 Å². The van der Waals surface area contributed by atoms with Crippen LogP contribution in [0.5, 0.6) is 11.5 Å². The van der Waals surface area contributed by atoms with Crippen LogP contribution in [0.15, 0.2) is 23.1 Å². The first-order valence-corrected chi connectivity index (χ1v) is 8.96. The van der Waals surface area contributed by atoms with Gasteiger partial charge in [0, 0.05) is 22.6 Å². The molecule has 2 aliphatic rings. The Morgan fingerprint density at radius 1 is 1.19 bits per heavy atom. The first-order chi connectivity index (χ1) is 10.3.